The fourth-order valence-electron chi connectivity index (χ4n) is 3.26. The Balaban J connectivity index is 1.56. The van der Waals surface area contributed by atoms with E-state index in [0.29, 0.717) is 12.1 Å². The van der Waals surface area contributed by atoms with E-state index in [9.17, 15) is 13.6 Å². The number of fused-ring (bicyclic) bond motifs is 3. The number of hydrogen-bond donors (Lipinski definition) is 1. The van der Waals surface area contributed by atoms with Gasteiger partial charge in [0.25, 0.3) is 0 Å². The van der Waals surface area contributed by atoms with Crippen LogP contribution < -0.4 is 5.32 Å². The van der Waals surface area contributed by atoms with Crippen LogP contribution in [0.5, 0.6) is 0 Å². The van der Waals surface area contributed by atoms with Gasteiger partial charge in [0, 0.05) is 35.8 Å². The molecule has 0 aliphatic carbocycles. The quantitative estimate of drug-likeness (QED) is 0.584. The number of halogens is 2. The summed E-state index contributed by atoms with van der Waals surface area (Å²) < 4.78 is 28.0. The van der Waals surface area contributed by atoms with Crippen molar-refractivity contribution in [1.29, 1.82) is 0 Å². The van der Waals surface area contributed by atoms with Gasteiger partial charge in [-0.1, -0.05) is 0 Å². The predicted octanol–water partition coefficient (Wildman–Crippen LogP) is 3.74. The number of nitrogens with zero attached hydrogens (tertiary/aromatic N) is 4. The van der Waals surface area contributed by atoms with E-state index >= 15 is 0 Å². The molecule has 0 saturated carbocycles. The van der Waals surface area contributed by atoms with Gasteiger partial charge in [-0.2, -0.15) is 0 Å². The molecule has 0 bridgehead atoms. The first-order chi connectivity index (χ1) is 13.4. The molecule has 0 atom stereocenters. The third-order valence-corrected chi connectivity index (χ3v) is 4.69. The van der Waals surface area contributed by atoms with Crippen LogP contribution in [0.25, 0.3) is 16.7 Å². The summed E-state index contributed by atoms with van der Waals surface area (Å²) in [5, 5.41) is 7.95. The number of rotatable bonds is 4. The summed E-state index contributed by atoms with van der Waals surface area (Å²) in [7, 11) is 0. The molecule has 1 aromatic carbocycles. The van der Waals surface area contributed by atoms with Crippen molar-refractivity contribution in [2.75, 3.05) is 5.32 Å². The van der Waals surface area contributed by atoms with E-state index in [0.717, 1.165) is 40.1 Å². The summed E-state index contributed by atoms with van der Waals surface area (Å²) in [6, 6.07) is 7.02. The number of aryl methyl sites for hydroxylation is 2. The molecule has 0 aliphatic heterocycles. The Bertz CT molecular complexity index is 1220. The van der Waals surface area contributed by atoms with Crippen molar-refractivity contribution < 1.29 is 13.6 Å². The molecule has 28 heavy (non-hydrogen) atoms. The van der Waals surface area contributed by atoms with Gasteiger partial charge in [-0.15, -0.1) is 5.10 Å². The summed E-state index contributed by atoms with van der Waals surface area (Å²) >= 11 is 0. The number of pyridine rings is 1. The zero-order valence-corrected chi connectivity index (χ0v) is 15.3. The van der Waals surface area contributed by atoms with Crippen LogP contribution in [0.4, 0.5) is 14.5 Å². The predicted molar refractivity (Wildman–Crippen MR) is 101 cm³/mol. The van der Waals surface area contributed by atoms with Gasteiger partial charge in [0.05, 0.1) is 5.39 Å². The van der Waals surface area contributed by atoms with Gasteiger partial charge in [-0.3, -0.25) is 4.79 Å². The zero-order chi connectivity index (χ0) is 19.8. The second kappa shape index (κ2) is 6.95. The first-order valence-corrected chi connectivity index (χ1v) is 8.78. The van der Waals surface area contributed by atoms with Crippen LogP contribution in [0.3, 0.4) is 0 Å². The van der Waals surface area contributed by atoms with Crippen molar-refractivity contribution >= 4 is 28.3 Å². The minimum atomic E-state index is -1.00. The van der Waals surface area contributed by atoms with E-state index in [4.69, 9.17) is 0 Å². The maximum atomic E-state index is 13.3. The minimum Gasteiger partial charge on any atom is -0.326 e. The molecule has 4 aromatic rings. The van der Waals surface area contributed by atoms with E-state index in [1.54, 1.807) is 10.7 Å². The van der Waals surface area contributed by atoms with Crippen molar-refractivity contribution in [3.8, 4) is 0 Å². The van der Waals surface area contributed by atoms with Gasteiger partial charge < -0.3 is 5.32 Å². The van der Waals surface area contributed by atoms with E-state index in [2.05, 4.69) is 20.4 Å². The van der Waals surface area contributed by atoms with Crippen LogP contribution in [0.1, 0.15) is 23.4 Å². The molecule has 6 nitrogen and oxygen atoms in total. The topological polar surface area (TPSA) is 72.2 Å². The second-order valence-corrected chi connectivity index (χ2v) is 6.55. The first-order valence-electron chi connectivity index (χ1n) is 8.78. The lowest BCUT2D eigenvalue weighted by Crippen LogP contribution is -2.14. The smallest absolute Gasteiger partial charge is 0.224 e. The number of benzene rings is 1. The van der Waals surface area contributed by atoms with Gasteiger partial charge in [0.1, 0.15) is 0 Å². The van der Waals surface area contributed by atoms with E-state index in [1.165, 1.54) is 6.07 Å². The Labute approximate surface area is 159 Å². The molecular formula is C20H17F2N5O. The molecule has 1 amide bonds. The van der Waals surface area contributed by atoms with Gasteiger partial charge >= 0.3 is 0 Å². The standard InChI is InChI=1S/C20H17F2N5O/c1-11-14(6-8-18(28)25-13-5-7-16(21)17(22)10-13)12(2)27-20(24-11)15-4-3-9-23-19(15)26-27/h3-5,7,9-10H,6,8H2,1-2H3,(H,25,28). The summed E-state index contributed by atoms with van der Waals surface area (Å²) in [6.07, 6.45) is 2.30. The molecule has 0 fully saturated rings. The van der Waals surface area contributed by atoms with Crippen LogP contribution in [0, 0.1) is 25.5 Å². The maximum Gasteiger partial charge on any atom is 0.224 e. The van der Waals surface area contributed by atoms with Crippen molar-refractivity contribution in [2.45, 2.75) is 26.7 Å². The molecule has 3 heterocycles. The van der Waals surface area contributed by atoms with Crippen LogP contribution in [-0.2, 0) is 11.2 Å². The number of hydrogen-bond acceptors (Lipinski definition) is 4. The second-order valence-electron chi connectivity index (χ2n) is 6.55. The van der Waals surface area contributed by atoms with Crippen LogP contribution in [-0.4, -0.2) is 25.5 Å². The summed E-state index contributed by atoms with van der Waals surface area (Å²) in [5.41, 5.74) is 4.19. The van der Waals surface area contributed by atoms with Crippen molar-refractivity contribution in [1.82, 2.24) is 19.6 Å². The zero-order valence-electron chi connectivity index (χ0n) is 15.3. The van der Waals surface area contributed by atoms with Gasteiger partial charge in [0.15, 0.2) is 22.9 Å². The molecule has 142 valence electrons. The third kappa shape index (κ3) is 3.17. The Morgan fingerprint density at radius 1 is 1.18 bits per heavy atom. The summed E-state index contributed by atoms with van der Waals surface area (Å²) in [6.45, 7) is 3.82. The number of nitrogens with one attached hydrogen (secondary N) is 1. The highest BCUT2D eigenvalue weighted by Crippen LogP contribution is 2.22. The number of carbonyl (C=O) groups excluding carboxylic acids is 1. The highest BCUT2D eigenvalue weighted by atomic mass is 19.2. The molecule has 0 saturated heterocycles. The van der Waals surface area contributed by atoms with Crippen LogP contribution in [0.2, 0.25) is 0 Å². The van der Waals surface area contributed by atoms with Crippen molar-refractivity contribution in [2.24, 2.45) is 0 Å². The van der Waals surface area contributed by atoms with Crippen molar-refractivity contribution in [3.63, 3.8) is 0 Å². The number of aromatic nitrogens is 4. The molecular weight excluding hydrogens is 364 g/mol. The average molecular weight is 381 g/mol. The van der Waals surface area contributed by atoms with Crippen LogP contribution in [0.15, 0.2) is 36.5 Å². The summed E-state index contributed by atoms with van der Waals surface area (Å²) in [4.78, 5) is 21.1. The van der Waals surface area contributed by atoms with Crippen LogP contribution >= 0.6 is 0 Å². The Morgan fingerprint density at radius 2 is 2.00 bits per heavy atom. The van der Waals surface area contributed by atoms with E-state index < -0.39 is 11.6 Å². The molecule has 4 rings (SSSR count). The third-order valence-electron chi connectivity index (χ3n) is 4.69. The number of carbonyl (C=O) groups is 1. The molecule has 1 N–H and O–H groups in total. The first kappa shape index (κ1) is 18.0. The fraction of sp³-hybridized carbons (Fsp3) is 0.200. The monoisotopic (exact) mass is 381 g/mol. The molecule has 0 unspecified atom stereocenters. The Hall–Kier alpha value is -3.42. The Kier molecular flexibility index (Phi) is 4.46. The minimum absolute atomic E-state index is 0.174. The largest absolute Gasteiger partial charge is 0.326 e. The van der Waals surface area contributed by atoms with Gasteiger partial charge in [-0.25, -0.2) is 23.3 Å². The maximum absolute atomic E-state index is 13.3. The molecule has 0 aliphatic rings. The van der Waals surface area contributed by atoms with Gasteiger partial charge in [-0.05, 0) is 50.1 Å². The lowest BCUT2D eigenvalue weighted by molar-refractivity contribution is -0.116. The number of anilines is 1. The molecule has 0 radical (unpaired) electrons. The normalized spacial score (nSPS) is 11.3. The average Bonchev–Trinajstić information content (AvgIpc) is 3.03. The molecule has 3 aromatic heterocycles. The fourth-order valence-corrected chi connectivity index (χ4v) is 3.26. The highest BCUT2D eigenvalue weighted by Gasteiger charge is 2.15. The number of amides is 1. The van der Waals surface area contributed by atoms with Crippen molar-refractivity contribution in [3.05, 3.63) is 65.1 Å². The van der Waals surface area contributed by atoms with E-state index in [-0.39, 0.29) is 18.0 Å². The highest BCUT2D eigenvalue weighted by molar-refractivity contribution is 5.91. The SMILES string of the molecule is Cc1nc2c3cccnc3nn2c(C)c1CCC(=O)Nc1ccc(F)c(F)c1. The Morgan fingerprint density at radius 3 is 2.79 bits per heavy atom. The van der Waals surface area contributed by atoms with E-state index in [1.807, 2.05) is 26.0 Å². The molecule has 0 spiro atoms. The lowest BCUT2D eigenvalue weighted by atomic mass is 10.1. The summed E-state index contributed by atoms with van der Waals surface area (Å²) in [5.74, 6) is -2.25. The molecule has 8 heteroatoms. The lowest BCUT2D eigenvalue weighted by Gasteiger charge is -2.11. The van der Waals surface area contributed by atoms with Gasteiger partial charge in [0.2, 0.25) is 5.91 Å².